The van der Waals surface area contributed by atoms with Crippen molar-refractivity contribution in [2.24, 2.45) is 0 Å². The number of carbonyl (C=O) groups is 1. The van der Waals surface area contributed by atoms with Gasteiger partial charge in [-0.2, -0.15) is 5.10 Å². The van der Waals surface area contributed by atoms with Gasteiger partial charge in [0.25, 0.3) is 0 Å². The molecular weight excluding hydrogens is 437 g/mol. The molecule has 1 aromatic carbocycles. The van der Waals surface area contributed by atoms with Gasteiger partial charge in [0.2, 0.25) is 0 Å². The number of carbonyl (C=O) groups excluding carboxylic acids is 1. The smallest absolute Gasteiger partial charge is 0.407 e. The van der Waals surface area contributed by atoms with Crippen molar-refractivity contribution in [3.8, 4) is 11.3 Å². The Balaban J connectivity index is 1.60. The Labute approximate surface area is 190 Å². The predicted molar refractivity (Wildman–Crippen MR) is 119 cm³/mol. The van der Waals surface area contributed by atoms with E-state index in [-0.39, 0.29) is 17.1 Å². The van der Waals surface area contributed by atoms with E-state index in [4.69, 9.17) is 21.1 Å². The number of hydrogen-bond acceptors (Lipinski definition) is 6. The number of halogens is 2. The number of anilines is 1. The third kappa shape index (κ3) is 4.78. The van der Waals surface area contributed by atoms with Gasteiger partial charge in [0.15, 0.2) is 5.82 Å². The highest BCUT2D eigenvalue weighted by molar-refractivity contribution is 6.31. The van der Waals surface area contributed by atoms with Crippen LogP contribution in [0.5, 0.6) is 0 Å². The number of nitrogens with zero attached hydrogens (tertiary/aromatic N) is 4. The number of alkyl carbamates (subject to hydrolysis) is 1. The number of ether oxygens (including phenoxy) is 2. The van der Waals surface area contributed by atoms with Crippen LogP contribution in [0.25, 0.3) is 16.8 Å². The van der Waals surface area contributed by atoms with Crippen molar-refractivity contribution < 1.29 is 18.7 Å². The fourth-order valence-electron chi connectivity index (χ4n) is 3.51. The monoisotopic (exact) mass is 461 g/mol. The number of hydrogen-bond donors (Lipinski definition) is 1. The summed E-state index contributed by atoms with van der Waals surface area (Å²) in [5.41, 5.74) is 2.15. The molecule has 1 fully saturated rings. The lowest BCUT2D eigenvalue weighted by atomic mass is 10.1. The Morgan fingerprint density at radius 2 is 2.06 bits per heavy atom. The van der Waals surface area contributed by atoms with Gasteiger partial charge in [0, 0.05) is 25.2 Å². The summed E-state index contributed by atoms with van der Waals surface area (Å²) in [7, 11) is 0. The fourth-order valence-corrected chi connectivity index (χ4v) is 3.74. The molecule has 0 atom stereocenters. The highest BCUT2D eigenvalue weighted by atomic mass is 35.5. The number of aromatic nitrogens is 3. The summed E-state index contributed by atoms with van der Waals surface area (Å²) >= 11 is 6.30. The standard InChI is InChI=1S/C22H25ClFN5O3/c1-22(2,3)32-21(30)25-11-14-4-5-16(19(24)18(14)23)20-17-10-15(12-29(17)27-13-26-20)28-6-8-31-9-7-28/h4-5,10,12-13H,6-9,11H2,1-3H3,(H,25,30). The largest absolute Gasteiger partial charge is 0.444 e. The van der Waals surface area contributed by atoms with Crippen LogP contribution in [-0.2, 0) is 16.0 Å². The molecule has 3 heterocycles. The molecule has 0 unspecified atom stereocenters. The second-order valence-corrected chi connectivity index (χ2v) is 8.87. The van der Waals surface area contributed by atoms with Crippen LogP contribution in [0.4, 0.5) is 14.9 Å². The maximum absolute atomic E-state index is 15.3. The van der Waals surface area contributed by atoms with E-state index in [1.54, 1.807) is 37.4 Å². The quantitative estimate of drug-likeness (QED) is 0.631. The van der Waals surface area contributed by atoms with Crippen molar-refractivity contribution >= 4 is 28.9 Å². The van der Waals surface area contributed by atoms with Gasteiger partial charge in [-0.3, -0.25) is 0 Å². The first-order chi connectivity index (χ1) is 15.2. The van der Waals surface area contributed by atoms with Crippen LogP contribution in [0, 0.1) is 5.82 Å². The molecule has 1 aliphatic rings. The molecule has 3 aromatic rings. The lowest BCUT2D eigenvalue weighted by Crippen LogP contribution is -2.35. The summed E-state index contributed by atoms with van der Waals surface area (Å²) in [4.78, 5) is 18.4. The number of nitrogens with one attached hydrogen (secondary N) is 1. The van der Waals surface area contributed by atoms with Gasteiger partial charge in [-0.05, 0) is 38.5 Å². The molecule has 1 N–H and O–H groups in total. The maximum Gasteiger partial charge on any atom is 0.407 e. The normalized spacial score (nSPS) is 14.6. The van der Waals surface area contributed by atoms with Crippen molar-refractivity contribution in [3.63, 3.8) is 0 Å². The second kappa shape index (κ2) is 8.91. The zero-order chi connectivity index (χ0) is 22.9. The molecular formula is C22H25ClFN5O3. The number of amides is 1. The first kappa shape index (κ1) is 22.3. The average molecular weight is 462 g/mol. The van der Waals surface area contributed by atoms with Crippen LogP contribution in [0.2, 0.25) is 5.02 Å². The van der Waals surface area contributed by atoms with Gasteiger partial charge >= 0.3 is 6.09 Å². The van der Waals surface area contributed by atoms with Gasteiger partial charge in [0.05, 0.1) is 35.6 Å². The SMILES string of the molecule is CC(C)(C)OC(=O)NCc1ccc(-c2ncnn3cc(N4CCOCC4)cc23)c(F)c1Cl. The van der Waals surface area contributed by atoms with Gasteiger partial charge in [-0.1, -0.05) is 17.7 Å². The predicted octanol–water partition coefficient (Wildman–Crippen LogP) is 4.05. The minimum atomic E-state index is -0.626. The highest BCUT2D eigenvalue weighted by Crippen LogP contribution is 2.33. The molecule has 1 saturated heterocycles. The molecule has 32 heavy (non-hydrogen) atoms. The lowest BCUT2D eigenvalue weighted by Gasteiger charge is -2.27. The molecule has 0 bridgehead atoms. The summed E-state index contributed by atoms with van der Waals surface area (Å²) in [5.74, 6) is -0.607. The van der Waals surface area contributed by atoms with Gasteiger partial charge < -0.3 is 19.7 Å². The topological polar surface area (TPSA) is 81.0 Å². The Morgan fingerprint density at radius 3 is 2.78 bits per heavy atom. The van der Waals surface area contributed by atoms with Crippen molar-refractivity contribution in [1.82, 2.24) is 19.9 Å². The van der Waals surface area contributed by atoms with Gasteiger partial charge in [-0.25, -0.2) is 18.7 Å². The number of rotatable bonds is 4. The minimum absolute atomic E-state index is 0.0381. The van der Waals surface area contributed by atoms with Crippen LogP contribution < -0.4 is 10.2 Å². The van der Waals surface area contributed by atoms with E-state index in [0.29, 0.717) is 30.0 Å². The van der Waals surface area contributed by atoms with Crippen LogP contribution in [0.15, 0.2) is 30.7 Å². The highest BCUT2D eigenvalue weighted by Gasteiger charge is 2.21. The average Bonchev–Trinajstić information content (AvgIpc) is 3.19. The maximum atomic E-state index is 15.3. The first-order valence-corrected chi connectivity index (χ1v) is 10.7. The first-order valence-electron chi connectivity index (χ1n) is 10.3. The molecule has 4 rings (SSSR count). The molecule has 2 aromatic heterocycles. The fraction of sp³-hybridized carbons (Fsp3) is 0.409. The second-order valence-electron chi connectivity index (χ2n) is 8.49. The molecule has 1 amide bonds. The third-order valence-corrected chi connectivity index (χ3v) is 5.42. The van der Waals surface area contributed by atoms with E-state index in [2.05, 4.69) is 20.3 Å². The molecule has 0 saturated carbocycles. The number of benzene rings is 1. The number of morpholine rings is 1. The molecule has 0 radical (unpaired) electrons. The third-order valence-electron chi connectivity index (χ3n) is 5.01. The van der Waals surface area contributed by atoms with E-state index in [1.165, 1.54) is 6.33 Å². The summed E-state index contributed by atoms with van der Waals surface area (Å²) in [6, 6.07) is 5.21. The van der Waals surface area contributed by atoms with E-state index in [0.717, 1.165) is 18.8 Å². The van der Waals surface area contributed by atoms with Crippen molar-refractivity contribution in [3.05, 3.63) is 47.1 Å². The summed E-state index contributed by atoms with van der Waals surface area (Å²) in [5, 5.41) is 6.78. The van der Waals surface area contributed by atoms with E-state index >= 15 is 4.39 Å². The summed E-state index contributed by atoms with van der Waals surface area (Å²) in [6.07, 6.45) is 2.68. The summed E-state index contributed by atoms with van der Waals surface area (Å²) in [6.45, 7) is 8.21. The van der Waals surface area contributed by atoms with Gasteiger partial charge in [0.1, 0.15) is 17.6 Å². The minimum Gasteiger partial charge on any atom is -0.444 e. The zero-order valence-electron chi connectivity index (χ0n) is 18.2. The number of fused-ring (bicyclic) bond motifs is 1. The van der Waals surface area contributed by atoms with E-state index in [1.807, 2.05) is 12.3 Å². The Hall–Kier alpha value is -2.91. The van der Waals surface area contributed by atoms with Crippen molar-refractivity contribution in [2.75, 3.05) is 31.2 Å². The van der Waals surface area contributed by atoms with Gasteiger partial charge in [-0.15, -0.1) is 0 Å². The van der Waals surface area contributed by atoms with Crippen LogP contribution in [0.1, 0.15) is 26.3 Å². The summed E-state index contributed by atoms with van der Waals surface area (Å²) < 4.78 is 27.6. The Kier molecular flexibility index (Phi) is 6.21. The molecule has 0 spiro atoms. The molecule has 0 aliphatic carbocycles. The van der Waals surface area contributed by atoms with Crippen LogP contribution >= 0.6 is 11.6 Å². The zero-order valence-corrected chi connectivity index (χ0v) is 18.9. The molecule has 1 aliphatic heterocycles. The lowest BCUT2D eigenvalue weighted by molar-refractivity contribution is 0.0523. The van der Waals surface area contributed by atoms with Crippen molar-refractivity contribution in [1.29, 1.82) is 0 Å². The van der Waals surface area contributed by atoms with E-state index in [9.17, 15) is 4.79 Å². The molecule has 170 valence electrons. The van der Waals surface area contributed by atoms with Crippen molar-refractivity contribution in [2.45, 2.75) is 32.9 Å². The van der Waals surface area contributed by atoms with E-state index < -0.39 is 17.5 Å². The van der Waals surface area contributed by atoms with Crippen LogP contribution in [-0.4, -0.2) is 52.6 Å². The molecule has 10 heteroatoms. The Bertz CT molecular complexity index is 1140. The van der Waals surface area contributed by atoms with Crippen LogP contribution in [0.3, 0.4) is 0 Å². The Morgan fingerprint density at radius 1 is 1.31 bits per heavy atom. The molecule has 8 nitrogen and oxygen atoms in total.